The molecule has 0 N–H and O–H groups in total. The number of fused-ring (bicyclic) bond motifs is 3. The molecule has 0 unspecified atom stereocenters. The van der Waals surface area contributed by atoms with E-state index in [1.54, 1.807) is 6.07 Å². The van der Waals surface area contributed by atoms with E-state index >= 15 is 4.39 Å². The van der Waals surface area contributed by atoms with Gasteiger partial charge in [0.1, 0.15) is 17.9 Å². The lowest BCUT2D eigenvalue weighted by Crippen LogP contribution is -2.55. The first-order valence-electron chi connectivity index (χ1n) is 16.6. The smallest absolute Gasteiger partial charge is 0.319 e. The van der Waals surface area contributed by atoms with Crippen LogP contribution in [0.3, 0.4) is 0 Å². The zero-order valence-corrected chi connectivity index (χ0v) is 27.7. The topological polar surface area (TPSA) is 85.6 Å². The fourth-order valence-corrected chi connectivity index (χ4v) is 8.34. The predicted molar refractivity (Wildman–Crippen MR) is 183 cm³/mol. The van der Waals surface area contributed by atoms with Crippen molar-refractivity contribution < 1.29 is 18.3 Å². The standard InChI is InChI=1S/C37H37ClF2N6O2/c1-3-26-30(38)12-9-24-7-4-8-27(31(24)26)28-10-11-29-33(32(28)40)42-36(48-22-37-14-5-17-45(37)18-6-15-37)43-34(29)44-19-20-46(35(47)23(2)39)25(21-44)13-16-41/h4,7-12,25H,2-3,5-6,13-15,17-22H2,1H3/t25-/m0/s1. The van der Waals surface area contributed by atoms with Gasteiger partial charge < -0.3 is 14.5 Å². The van der Waals surface area contributed by atoms with Gasteiger partial charge in [-0.3, -0.25) is 9.69 Å². The Balaban J connectivity index is 1.35. The summed E-state index contributed by atoms with van der Waals surface area (Å²) in [5.74, 6) is -1.97. The molecule has 3 aromatic carbocycles. The van der Waals surface area contributed by atoms with Crippen molar-refractivity contribution in [1.29, 1.82) is 5.26 Å². The molecule has 8 nitrogen and oxygen atoms in total. The fourth-order valence-electron chi connectivity index (χ4n) is 8.05. The zero-order valence-electron chi connectivity index (χ0n) is 26.9. The number of halogens is 3. The molecule has 248 valence electrons. The Morgan fingerprint density at radius 2 is 1.90 bits per heavy atom. The van der Waals surface area contributed by atoms with Gasteiger partial charge >= 0.3 is 6.01 Å². The van der Waals surface area contributed by atoms with E-state index in [2.05, 4.69) is 17.5 Å². The zero-order chi connectivity index (χ0) is 33.6. The molecule has 48 heavy (non-hydrogen) atoms. The molecule has 0 saturated carbocycles. The van der Waals surface area contributed by atoms with Crippen molar-refractivity contribution in [3.05, 3.63) is 71.3 Å². The van der Waals surface area contributed by atoms with Gasteiger partial charge in [-0.1, -0.05) is 55.4 Å². The number of benzene rings is 3. The van der Waals surface area contributed by atoms with Gasteiger partial charge in [0.25, 0.3) is 5.91 Å². The van der Waals surface area contributed by atoms with E-state index in [0.717, 1.165) is 55.1 Å². The summed E-state index contributed by atoms with van der Waals surface area (Å²) >= 11 is 6.62. The van der Waals surface area contributed by atoms with Crippen molar-refractivity contribution in [2.75, 3.05) is 44.2 Å². The maximum Gasteiger partial charge on any atom is 0.319 e. The molecule has 4 heterocycles. The van der Waals surface area contributed by atoms with Crippen LogP contribution < -0.4 is 9.64 Å². The molecule has 7 rings (SSSR count). The number of aryl methyl sites for hydroxylation is 1. The molecule has 0 spiro atoms. The highest BCUT2D eigenvalue weighted by atomic mass is 35.5. The lowest BCUT2D eigenvalue weighted by atomic mass is 9.92. The second kappa shape index (κ2) is 12.9. The molecular weight excluding hydrogens is 634 g/mol. The predicted octanol–water partition coefficient (Wildman–Crippen LogP) is 7.23. The summed E-state index contributed by atoms with van der Waals surface area (Å²) in [6.07, 6.45) is 4.94. The Hall–Kier alpha value is -4.33. The second-order valence-corrected chi connectivity index (χ2v) is 13.4. The van der Waals surface area contributed by atoms with Crippen LogP contribution in [0.2, 0.25) is 5.02 Å². The van der Waals surface area contributed by atoms with E-state index in [1.807, 2.05) is 48.2 Å². The van der Waals surface area contributed by atoms with Crippen molar-refractivity contribution in [1.82, 2.24) is 19.8 Å². The normalized spacial score (nSPS) is 19.1. The van der Waals surface area contributed by atoms with Crippen LogP contribution in [0.25, 0.3) is 32.8 Å². The van der Waals surface area contributed by atoms with Crippen molar-refractivity contribution in [2.24, 2.45) is 0 Å². The third-order valence-electron chi connectivity index (χ3n) is 10.4. The minimum atomic E-state index is -1.07. The summed E-state index contributed by atoms with van der Waals surface area (Å²) in [6.45, 7) is 8.29. The molecule has 3 aliphatic rings. The maximum absolute atomic E-state index is 17.0. The van der Waals surface area contributed by atoms with Gasteiger partial charge in [-0.05, 0) is 79.2 Å². The van der Waals surface area contributed by atoms with Crippen LogP contribution in [-0.2, 0) is 11.2 Å². The quantitative estimate of drug-likeness (QED) is 0.183. The Bertz CT molecular complexity index is 1970. The summed E-state index contributed by atoms with van der Waals surface area (Å²) in [7, 11) is 0. The molecule has 0 aliphatic carbocycles. The molecular formula is C37H37ClF2N6O2. The molecule has 3 aliphatic heterocycles. The SMILES string of the molecule is C=C(F)C(=O)N1CCN(c2nc(OCC34CCCN3CCC4)nc3c(F)c(-c4cccc5ccc(Cl)c(CC)c45)ccc23)C[C@@H]1CC#N. The van der Waals surface area contributed by atoms with Gasteiger partial charge in [0.2, 0.25) is 0 Å². The van der Waals surface area contributed by atoms with Gasteiger partial charge in [0.15, 0.2) is 11.6 Å². The lowest BCUT2D eigenvalue weighted by Gasteiger charge is -2.41. The average molecular weight is 671 g/mol. The first-order chi connectivity index (χ1) is 23.2. The molecule has 1 atom stereocenters. The highest BCUT2D eigenvalue weighted by Gasteiger charge is 2.45. The highest BCUT2D eigenvalue weighted by Crippen LogP contribution is 2.41. The Morgan fingerprint density at radius 3 is 2.62 bits per heavy atom. The van der Waals surface area contributed by atoms with Crippen LogP contribution in [0.5, 0.6) is 6.01 Å². The van der Waals surface area contributed by atoms with E-state index in [-0.39, 0.29) is 43.1 Å². The summed E-state index contributed by atoms with van der Waals surface area (Å²) in [5, 5.41) is 12.5. The summed E-state index contributed by atoms with van der Waals surface area (Å²) in [6, 6.07) is 14.8. The van der Waals surface area contributed by atoms with Crippen LogP contribution in [0.1, 0.15) is 44.6 Å². The number of carbonyl (C=O) groups excluding carboxylic acids is 1. The van der Waals surface area contributed by atoms with Crippen LogP contribution in [0.15, 0.2) is 54.9 Å². The van der Waals surface area contributed by atoms with Crippen LogP contribution in [-0.4, -0.2) is 76.6 Å². The molecule has 3 saturated heterocycles. The highest BCUT2D eigenvalue weighted by molar-refractivity contribution is 6.32. The van der Waals surface area contributed by atoms with Gasteiger partial charge in [-0.2, -0.15) is 15.2 Å². The van der Waals surface area contributed by atoms with Gasteiger partial charge in [0, 0.05) is 35.6 Å². The molecule has 1 aromatic heterocycles. The number of hydrogen-bond acceptors (Lipinski definition) is 7. The number of piperazine rings is 1. The minimum absolute atomic E-state index is 0.0117. The van der Waals surface area contributed by atoms with Crippen molar-refractivity contribution in [2.45, 2.75) is 57.0 Å². The number of nitrogens with zero attached hydrogens (tertiary/aromatic N) is 6. The van der Waals surface area contributed by atoms with Gasteiger partial charge in [-0.25, -0.2) is 8.78 Å². The summed E-state index contributed by atoms with van der Waals surface area (Å²) in [5.41, 5.74) is 2.09. The van der Waals surface area contributed by atoms with Crippen molar-refractivity contribution >= 4 is 45.0 Å². The number of anilines is 1. The van der Waals surface area contributed by atoms with E-state index in [1.165, 1.54) is 4.90 Å². The third-order valence-corrected chi connectivity index (χ3v) is 10.7. The minimum Gasteiger partial charge on any atom is -0.461 e. The third kappa shape index (κ3) is 5.53. The van der Waals surface area contributed by atoms with E-state index in [0.29, 0.717) is 40.4 Å². The summed E-state index contributed by atoms with van der Waals surface area (Å²) < 4.78 is 37.3. The second-order valence-electron chi connectivity index (χ2n) is 13.0. The first-order valence-corrected chi connectivity index (χ1v) is 17.0. The Morgan fingerprint density at radius 1 is 1.10 bits per heavy atom. The monoisotopic (exact) mass is 670 g/mol. The number of carbonyl (C=O) groups is 1. The molecule has 11 heteroatoms. The summed E-state index contributed by atoms with van der Waals surface area (Å²) in [4.78, 5) is 27.8. The largest absolute Gasteiger partial charge is 0.461 e. The van der Waals surface area contributed by atoms with Crippen molar-refractivity contribution in [3.63, 3.8) is 0 Å². The molecule has 4 aromatic rings. The number of rotatable bonds is 8. The van der Waals surface area contributed by atoms with Crippen LogP contribution >= 0.6 is 11.6 Å². The van der Waals surface area contributed by atoms with Crippen LogP contribution in [0, 0.1) is 17.1 Å². The molecule has 0 bridgehead atoms. The van der Waals surface area contributed by atoms with Gasteiger partial charge in [-0.15, -0.1) is 0 Å². The van der Waals surface area contributed by atoms with E-state index < -0.39 is 23.6 Å². The average Bonchev–Trinajstić information content (AvgIpc) is 3.68. The van der Waals surface area contributed by atoms with E-state index in [9.17, 15) is 14.4 Å². The molecule has 0 radical (unpaired) electrons. The van der Waals surface area contributed by atoms with E-state index in [4.69, 9.17) is 26.3 Å². The molecule has 1 amide bonds. The lowest BCUT2D eigenvalue weighted by molar-refractivity contribution is -0.131. The Labute approximate surface area is 283 Å². The first kappa shape index (κ1) is 32.2. The number of aromatic nitrogens is 2. The maximum atomic E-state index is 17.0. The fraction of sp³-hybridized carbons (Fsp3) is 0.405. The Kier molecular flexibility index (Phi) is 8.69. The number of hydrogen-bond donors (Lipinski definition) is 0. The van der Waals surface area contributed by atoms with Crippen molar-refractivity contribution in [3.8, 4) is 23.2 Å². The van der Waals surface area contributed by atoms with Crippen LogP contribution in [0.4, 0.5) is 14.6 Å². The molecule has 3 fully saturated rings. The number of ether oxygens (including phenoxy) is 1. The number of nitriles is 1. The van der Waals surface area contributed by atoms with Gasteiger partial charge in [0.05, 0.1) is 24.1 Å². The number of amides is 1.